The van der Waals surface area contributed by atoms with Gasteiger partial charge in [0.2, 0.25) is 0 Å². The average molecular weight is 333 g/mol. The lowest BCUT2D eigenvalue weighted by Gasteiger charge is -2.03. The van der Waals surface area contributed by atoms with Gasteiger partial charge in [0, 0.05) is 17.5 Å². The first kappa shape index (κ1) is 15.0. The van der Waals surface area contributed by atoms with Gasteiger partial charge in [-0.1, -0.05) is 11.6 Å². The molecule has 0 amide bonds. The van der Waals surface area contributed by atoms with Crippen molar-refractivity contribution < 1.29 is 4.39 Å². The second kappa shape index (κ2) is 6.07. The van der Waals surface area contributed by atoms with E-state index in [9.17, 15) is 4.39 Å². The van der Waals surface area contributed by atoms with Crippen LogP contribution in [0.1, 0.15) is 5.56 Å². The van der Waals surface area contributed by atoms with Gasteiger partial charge in [0.25, 0.3) is 0 Å². The number of halogens is 2. The normalized spacial score (nSPS) is 11.9. The number of rotatable bonds is 2. The molecule has 0 radical (unpaired) electrons. The molecule has 112 valence electrons. The summed E-state index contributed by atoms with van der Waals surface area (Å²) in [7, 11) is 1.96. The summed E-state index contributed by atoms with van der Waals surface area (Å²) in [6.45, 7) is 1.99. The van der Waals surface area contributed by atoms with Gasteiger partial charge in [-0.25, -0.2) is 9.38 Å². The van der Waals surface area contributed by atoms with Crippen LogP contribution in [0.2, 0.25) is 5.02 Å². The summed E-state index contributed by atoms with van der Waals surface area (Å²) < 4.78 is 15.0. The highest BCUT2D eigenvalue weighted by Crippen LogP contribution is 2.23. The lowest BCUT2D eigenvalue weighted by Crippen LogP contribution is -2.11. The van der Waals surface area contributed by atoms with Crippen LogP contribution in [0.3, 0.4) is 0 Å². The van der Waals surface area contributed by atoms with Crippen molar-refractivity contribution in [3.63, 3.8) is 0 Å². The first-order chi connectivity index (χ1) is 10.5. The van der Waals surface area contributed by atoms with Crippen molar-refractivity contribution in [3.8, 4) is 11.3 Å². The summed E-state index contributed by atoms with van der Waals surface area (Å²) in [5.74, 6) is -0.233. The molecule has 0 fully saturated rings. The monoisotopic (exact) mass is 332 g/mol. The maximum absolute atomic E-state index is 13.0. The molecule has 0 saturated carbocycles. The smallest absolute Gasteiger partial charge is 0.190 e. The minimum atomic E-state index is -0.233. The van der Waals surface area contributed by atoms with Gasteiger partial charge in [0.05, 0.1) is 11.4 Å². The number of hydrogen-bond donors (Lipinski definition) is 0. The molecule has 5 heteroatoms. The second-order valence-corrected chi connectivity index (χ2v) is 6.29. The molecule has 0 aliphatic carbocycles. The van der Waals surface area contributed by atoms with Crippen molar-refractivity contribution in [2.45, 2.75) is 6.92 Å². The lowest BCUT2D eigenvalue weighted by atomic mass is 10.2. The Morgan fingerprint density at radius 1 is 1.14 bits per heavy atom. The largest absolute Gasteiger partial charge is 0.320 e. The van der Waals surface area contributed by atoms with E-state index in [1.165, 1.54) is 12.1 Å². The topological polar surface area (TPSA) is 17.3 Å². The molecule has 2 nitrogen and oxygen atoms in total. The molecule has 1 heterocycles. The Morgan fingerprint density at radius 3 is 2.55 bits per heavy atom. The quantitative estimate of drug-likeness (QED) is 0.622. The Hall–Kier alpha value is -1.91. The van der Waals surface area contributed by atoms with Crippen molar-refractivity contribution in [1.82, 2.24) is 4.57 Å². The molecule has 3 rings (SSSR count). The molecule has 0 aliphatic heterocycles. The number of hydrogen-bond acceptors (Lipinski definition) is 2. The number of aromatic nitrogens is 1. The first-order valence-electron chi connectivity index (χ1n) is 6.76. The van der Waals surface area contributed by atoms with E-state index in [4.69, 9.17) is 16.6 Å². The molecular formula is C17H14ClFN2S. The zero-order chi connectivity index (χ0) is 15.7. The third-order valence-corrected chi connectivity index (χ3v) is 4.59. The van der Waals surface area contributed by atoms with E-state index < -0.39 is 0 Å². The number of thiazole rings is 1. The van der Waals surface area contributed by atoms with Gasteiger partial charge in [-0.3, -0.25) is 0 Å². The van der Waals surface area contributed by atoms with E-state index in [1.807, 2.05) is 42.1 Å². The van der Waals surface area contributed by atoms with E-state index >= 15 is 0 Å². The maximum atomic E-state index is 13.0. The van der Waals surface area contributed by atoms with Crippen LogP contribution in [-0.2, 0) is 7.05 Å². The molecule has 3 aromatic rings. The Labute approximate surface area is 137 Å². The minimum absolute atomic E-state index is 0.233. The molecule has 0 atom stereocenters. The molecular weight excluding hydrogens is 319 g/mol. The maximum Gasteiger partial charge on any atom is 0.190 e. The molecule has 0 N–H and O–H groups in total. The average Bonchev–Trinajstić information content (AvgIpc) is 2.84. The van der Waals surface area contributed by atoms with Gasteiger partial charge in [-0.05, 0) is 60.5 Å². The first-order valence-corrected chi connectivity index (χ1v) is 8.02. The fraction of sp³-hybridized carbons (Fsp3) is 0.118. The van der Waals surface area contributed by atoms with Crippen LogP contribution in [0, 0.1) is 12.7 Å². The zero-order valence-electron chi connectivity index (χ0n) is 12.2. The van der Waals surface area contributed by atoms with Crippen LogP contribution in [0.4, 0.5) is 10.1 Å². The van der Waals surface area contributed by atoms with E-state index in [0.29, 0.717) is 5.02 Å². The van der Waals surface area contributed by atoms with Crippen molar-refractivity contribution in [2.75, 3.05) is 0 Å². The fourth-order valence-corrected chi connectivity index (χ4v) is 3.35. The van der Waals surface area contributed by atoms with Crippen molar-refractivity contribution in [3.05, 3.63) is 69.0 Å². The standard InChI is InChI=1S/C17H14ClFN2S/c1-11-9-13(18)5-8-15(11)20-17-21(2)16(10-22-17)12-3-6-14(19)7-4-12/h3-10H,1-2H3. The molecule has 2 aromatic carbocycles. The molecule has 0 spiro atoms. The molecule has 1 aromatic heterocycles. The van der Waals surface area contributed by atoms with Crippen molar-refractivity contribution in [2.24, 2.45) is 12.0 Å². The highest BCUT2D eigenvalue weighted by molar-refractivity contribution is 7.07. The molecule has 22 heavy (non-hydrogen) atoms. The lowest BCUT2D eigenvalue weighted by molar-refractivity contribution is 0.628. The van der Waals surface area contributed by atoms with Crippen LogP contribution in [0.25, 0.3) is 11.3 Å². The Bertz CT molecular complexity index is 878. The summed E-state index contributed by atoms with van der Waals surface area (Å²) in [5.41, 5.74) is 3.90. The van der Waals surface area contributed by atoms with Gasteiger partial charge < -0.3 is 4.57 Å². The third kappa shape index (κ3) is 2.98. The number of aryl methyl sites for hydroxylation is 1. The van der Waals surface area contributed by atoms with Gasteiger partial charge in [-0.15, -0.1) is 11.3 Å². The van der Waals surface area contributed by atoms with Crippen molar-refractivity contribution >= 4 is 28.6 Å². The molecule has 0 unspecified atom stereocenters. The summed E-state index contributed by atoms with van der Waals surface area (Å²) >= 11 is 7.53. The highest BCUT2D eigenvalue weighted by Gasteiger charge is 2.05. The Morgan fingerprint density at radius 2 is 1.86 bits per heavy atom. The van der Waals surface area contributed by atoms with E-state index in [1.54, 1.807) is 23.5 Å². The van der Waals surface area contributed by atoms with Crippen LogP contribution < -0.4 is 4.80 Å². The minimum Gasteiger partial charge on any atom is -0.320 e. The predicted molar refractivity (Wildman–Crippen MR) is 90.1 cm³/mol. The van der Waals surface area contributed by atoms with Crippen LogP contribution in [0.15, 0.2) is 52.8 Å². The fourth-order valence-electron chi connectivity index (χ4n) is 2.20. The number of benzene rings is 2. The summed E-state index contributed by atoms with van der Waals surface area (Å²) in [5, 5.41) is 2.73. The molecule has 0 saturated heterocycles. The van der Waals surface area contributed by atoms with Gasteiger partial charge in [0.1, 0.15) is 5.82 Å². The predicted octanol–water partition coefficient (Wildman–Crippen LogP) is 5.09. The summed E-state index contributed by atoms with van der Waals surface area (Å²) in [6.07, 6.45) is 0. The summed E-state index contributed by atoms with van der Waals surface area (Å²) in [4.78, 5) is 5.57. The van der Waals surface area contributed by atoms with E-state index in [-0.39, 0.29) is 5.82 Å². The Balaban J connectivity index is 2.06. The summed E-state index contributed by atoms with van der Waals surface area (Å²) in [6, 6.07) is 12.1. The highest BCUT2D eigenvalue weighted by atomic mass is 35.5. The van der Waals surface area contributed by atoms with Crippen LogP contribution in [-0.4, -0.2) is 4.57 Å². The van der Waals surface area contributed by atoms with Crippen LogP contribution >= 0.6 is 22.9 Å². The van der Waals surface area contributed by atoms with Crippen LogP contribution in [0.5, 0.6) is 0 Å². The van der Waals surface area contributed by atoms with E-state index in [0.717, 1.165) is 27.3 Å². The second-order valence-electron chi connectivity index (χ2n) is 5.01. The SMILES string of the molecule is Cc1cc(Cl)ccc1N=c1scc(-c2ccc(F)cc2)n1C. The number of nitrogens with zero attached hydrogens (tertiary/aromatic N) is 2. The third-order valence-electron chi connectivity index (χ3n) is 3.44. The molecule has 0 aliphatic rings. The van der Waals surface area contributed by atoms with Gasteiger partial charge in [0.15, 0.2) is 4.80 Å². The van der Waals surface area contributed by atoms with E-state index in [2.05, 4.69) is 0 Å². The molecule has 0 bridgehead atoms. The van der Waals surface area contributed by atoms with Crippen molar-refractivity contribution in [1.29, 1.82) is 0 Å². The van der Waals surface area contributed by atoms with Gasteiger partial charge in [-0.2, -0.15) is 0 Å². The zero-order valence-corrected chi connectivity index (χ0v) is 13.7. The van der Waals surface area contributed by atoms with Gasteiger partial charge >= 0.3 is 0 Å². The Kier molecular flexibility index (Phi) is 4.14.